The Morgan fingerprint density at radius 2 is 1.84 bits per heavy atom. The fourth-order valence-corrected chi connectivity index (χ4v) is 1.66. The van der Waals surface area contributed by atoms with Crippen molar-refractivity contribution < 1.29 is 14.1 Å². The van der Waals surface area contributed by atoms with Gasteiger partial charge in [0, 0.05) is 5.56 Å². The van der Waals surface area contributed by atoms with Gasteiger partial charge in [-0.1, -0.05) is 30.3 Å². The molecule has 0 heterocycles. The molecule has 0 saturated heterocycles. The number of rotatable bonds is 3. The van der Waals surface area contributed by atoms with Gasteiger partial charge in [0.25, 0.3) is 5.69 Å². The van der Waals surface area contributed by atoms with Gasteiger partial charge in [0.2, 0.25) is 0 Å². The number of hydrogen-bond acceptors (Lipinski definition) is 4. The van der Waals surface area contributed by atoms with Crippen molar-refractivity contribution in [2.45, 2.75) is 0 Å². The molecule has 0 aromatic heterocycles. The van der Waals surface area contributed by atoms with Crippen LogP contribution in [0.4, 0.5) is 15.8 Å². The average Bonchev–Trinajstić information content (AvgIpc) is 2.41. The van der Waals surface area contributed by atoms with Gasteiger partial charge in [0.15, 0.2) is 5.78 Å². The standard InChI is InChI=1S/C13H9FN2O3/c14-10-7-12(16(18)19)11(15)6-9(10)13(17)8-4-2-1-3-5-8/h1-7H,15H2. The monoisotopic (exact) mass is 260 g/mol. The Bertz CT molecular complexity index is 656. The lowest BCUT2D eigenvalue weighted by Crippen LogP contribution is -2.07. The maximum absolute atomic E-state index is 13.7. The van der Waals surface area contributed by atoms with Crippen LogP contribution in [0, 0.1) is 15.9 Å². The molecule has 0 amide bonds. The summed E-state index contributed by atoms with van der Waals surface area (Å²) in [4.78, 5) is 21.8. The van der Waals surface area contributed by atoms with Gasteiger partial charge < -0.3 is 5.73 Å². The molecule has 0 saturated carbocycles. The van der Waals surface area contributed by atoms with E-state index in [0.29, 0.717) is 6.07 Å². The lowest BCUT2D eigenvalue weighted by molar-refractivity contribution is -0.384. The molecule has 19 heavy (non-hydrogen) atoms. The van der Waals surface area contributed by atoms with Crippen molar-refractivity contribution in [1.29, 1.82) is 0 Å². The molecule has 0 bridgehead atoms. The average molecular weight is 260 g/mol. The van der Waals surface area contributed by atoms with Crippen LogP contribution in [-0.2, 0) is 0 Å². The number of nitro groups is 1. The number of nitrogens with zero attached hydrogens (tertiary/aromatic N) is 1. The predicted molar refractivity (Wildman–Crippen MR) is 67.3 cm³/mol. The Morgan fingerprint density at radius 3 is 2.42 bits per heavy atom. The molecule has 0 atom stereocenters. The summed E-state index contributed by atoms with van der Waals surface area (Å²) in [6.07, 6.45) is 0. The Kier molecular flexibility index (Phi) is 3.24. The summed E-state index contributed by atoms with van der Waals surface area (Å²) in [5, 5.41) is 10.6. The Balaban J connectivity index is 2.50. The van der Waals surface area contributed by atoms with E-state index in [1.165, 1.54) is 12.1 Å². The summed E-state index contributed by atoms with van der Waals surface area (Å²) in [7, 11) is 0. The van der Waals surface area contributed by atoms with E-state index < -0.39 is 22.2 Å². The number of hydrogen-bond donors (Lipinski definition) is 1. The minimum absolute atomic E-state index is 0.245. The first-order valence-electron chi connectivity index (χ1n) is 5.34. The van der Waals surface area contributed by atoms with Gasteiger partial charge in [-0.3, -0.25) is 14.9 Å². The molecule has 6 heteroatoms. The van der Waals surface area contributed by atoms with E-state index >= 15 is 0 Å². The first-order chi connectivity index (χ1) is 9.00. The zero-order valence-corrected chi connectivity index (χ0v) is 9.67. The van der Waals surface area contributed by atoms with Crippen molar-refractivity contribution >= 4 is 17.2 Å². The molecule has 0 aliphatic carbocycles. The van der Waals surface area contributed by atoms with Crippen LogP contribution >= 0.6 is 0 Å². The maximum Gasteiger partial charge on any atom is 0.295 e. The lowest BCUT2D eigenvalue weighted by Gasteiger charge is -2.04. The van der Waals surface area contributed by atoms with Gasteiger partial charge in [0.05, 0.1) is 16.6 Å². The van der Waals surface area contributed by atoms with Crippen molar-refractivity contribution in [3.8, 4) is 0 Å². The molecule has 0 aliphatic rings. The number of nitrogens with two attached hydrogens (primary N) is 1. The number of carbonyl (C=O) groups excluding carboxylic acids is 1. The van der Waals surface area contributed by atoms with Crippen LogP contribution in [-0.4, -0.2) is 10.7 Å². The highest BCUT2D eigenvalue weighted by atomic mass is 19.1. The van der Waals surface area contributed by atoms with Gasteiger partial charge in [-0.25, -0.2) is 4.39 Å². The molecule has 2 aromatic carbocycles. The molecule has 0 spiro atoms. The van der Waals surface area contributed by atoms with E-state index in [2.05, 4.69) is 0 Å². The van der Waals surface area contributed by atoms with Crippen LogP contribution in [0.1, 0.15) is 15.9 Å². The number of nitrogen functional groups attached to an aromatic ring is 1. The number of nitro benzene ring substituents is 1. The molecule has 2 rings (SSSR count). The molecule has 0 unspecified atom stereocenters. The highest BCUT2D eigenvalue weighted by Crippen LogP contribution is 2.26. The number of anilines is 1. The van der Waals surface area contributed by atoms with E-state index in [0.717, 1.165) is 6.07 Å². The smallest absolute Gasteiger partial charge is 0.295 e. The van der Waals surface area contributed by atoms with Crippen LogP contribution in [0.15, 0.2) is 42.5 Å². The summed E-state index contributed by atoms with van der Waals surface area (Å²) in [6.45, 7) is 0. The van der Waals surface area contributed by atoms with Gasteiger partial charge in [-0.05, 0) is 6.07 Å². The maximum atomic E-state index is 13.7. The largest absolute Gasteiger partial charge is 0.393 e. The second-order valence-electron chi connectivity index (χ2n) is 3.84. The second kappa shape index (κ2) is 4.85. The van der Waals surface area contributed by atoms with Crippen molar-refractivity contribution in [1.82, 2.24) is 0 Å². The van der Waals surface area contributed by atoms with Crippen LogP contribution < -0.4 is 5.73 Å². The number of halogens is 1. The minimum Gasteiger partial charge on any atom is -0.393 e. The topological polar surface area (TPSA) is 86.2 Å². The van der Waals surface area contributed by atoms with Gasteiger partial charge in [-0.2, -0.15) is 0 Å². The second-order valence-corrected chi connectivity index (χ2v) is 3.84. The fourth-order valence-electron chi connectivity index (χ4n) is 1.66. The van der Waals surface area contributed by atoms with E-state index in [9.17, 15) is 19.3 Å². The molecular weight excluding hydrogens is 251 g/mol. The van der Waals surface area contributed by atoms with E-state index in [1.54, 1.807) is 18.2 Å². The van der Waals surface area contributed by atoms with Crippen LogP contribution in [0.25, 0.3) is 0 Å². The molecule has 0 fully saturated rings. The summed E-state index contributed by atoms with van der Waals surface area (Å²) in [5.74, 6) is -1.53. The van der Waals surface area contributed by atoms with Crippen LogP contribution in [0.2, 0.25) is 0 Å². The molecule has 5 nitrogen and oxygen atoms in total. The fraction of sp³-hybridized carbons (Fsp3) is 0. The first kappa shape index (κ1) is 12.7. The van der Waals surface area contributed by atoms with Crippen LogP contribution in [0.5, 0.6) is 0 Å². The lowest BCUT2D eigenvalue weighted by atomic mass is 10.0. The zero-order valence-electron chi connectivity index (χ0n) is 9.67. The van der Waals surface area contributed by atoms with Gasteiger partial charge >= 0.3 is 0 Å². The van der Waals surface area contributed by atoms with Crippen LogP contribution in [0.3, 0.4) is 0 Å². The molecular formula is C13H9FN2O3. The van der Waals surface area contributed by atoms with E-state index in [1.807, 2.05) is 0 Å². The van der Waals surface area contributed by atoms with Gasteiger partial charge in [-0.15, -0.1) is 0 Å². The molecule has 2 N–H and O–H groups in total. The van der Waals surface area contributed by atoms with Crippen molar-refractivity contribution in [3.63, 3.8) is 0 Å². The summed E-state index contributed by atoms with van der Waals surface area (Å²) >= 11 is 0. The third-order valence-corrected chi connectivity index (χ3v) is 2.59. The Morgan fingerprint density at radius 1 is 1.21 bits per heavy atom. The quantitative estimate of drug-likeness (QED) is 0.397. The molecule has 0 radical (unpaired) electrons. The van der Waals surface area contributed by atoms with E-state index in [-0.39, 0.29) is 16.8 Å². The molecule has 96 valence electrons. The van der Waals surface area contributed by atoms with E-state index in [4.69, 9.17) is 5.73 Å². The minimum atomic E-state index is -0.963. The third kappa shape index (κ3) is 2.42. The van der Waals surface area contributed by atoms with Crippen molar-refractivity contribution in [2.24, 2.45) is 0 Å². The van der Waals surface area contributed by atoms with Crippen molar-refractivity contribution in [3.05, 3.63) is 69.5 Å². The van der Waals surface area contributed by atoms with Crippen molar-refractivity contribution in [2.75, 3.05) is 5.73 Å². The normalized spacial score (nSPS) is 10.2. The Hall–Kier alpha value is -2.76. The Labute approximate surface area is 107 Å². The summed E-state index contributed by atoms with van der Waals surface area (Å²) < 4.78 is 13.7. The molecule has 2 aromatic rings. The zero-order chi connectivity index (χ0) is 14.0. The predicted octanol–water partition coefficient (Wildman–Crippen LogP) is 2.55. The highest BCUT2D eigenvalue weighted by molar-refractivity contribution is 6.09. The highest BCUT2D eigenvalue weighted by Gasteiger charge is 2.20. The number of carbonyl (C=O) groups is 1. The third-order valence-electron chi connectivity index (χ3n) is 2.59. The SMILES string of the molecule is Nc1cc(C(=O)c2ccccc2)c(F)cc1[N+](=O)[O-]. The first-order valence-corrected chi connectivity index (χ1v) is 5.34. The molecule has 0 aliphatic heterocycles. The summed E-state index contributed by atoms with van der Waals surface area (Å²) in [6, 6.07) is 9.70. The number of ketones is 1. The summed E-state index contributed by atoms with van der Waals surface area (Å²) in [5.41, 5.74) is 4.65. The number of benzene rings is 2. The van der Waals surface area contributed by atoms with Gasteiger partial charge in [0.1, 0.15) is 11.5 Å².